The summed E-state index contributed by atoms with van der Waals surface area (Å²) in [4.78, 5) is 35.3. The average molecular weight is 683 g/mol. The normalized spacial score (nSPS) is 16.0. The van der Waals surface area contributed by atoms with Gasteiger partial charge in [0.15, 0.2) is 5.17 Å². The lowest BCUT2D eigenvalue weighted by Crippen LogP contribution is -2.31. The van der Waals surface area contributed by atoms with Gasteiger partial charge in [0.1, 0.15) is 10.7 Å². The van der Waals surface area contributed by atoms with E-state index in [1.54, 1.807) is 0 Å². The predicted octanol–water partition coefficient (Wildman–Crippen LogP) is 9.02. The Labute approximate surface area is 264 Å². The Hall–Kier alpha value is -4.44. The first kappa shape index (κ1) is 32.9. The summed E-state index contributed by atoms with van der Waals surface area (Å²) >= 11 is 1.10. The van der Waals surface area contributed by atoms with Crippen LogP contribution in [0.4, 0.5) is 45.7 Å². The largest absolute Gasteiger partial charge is 0.378 e. The van der Waals surface area contributed by atoms with Gasteiger partial charge in [-0.2, -0.15) is 4.99 Å². The van der Waals surface area contributed by atoms with E-state index in [1.807, 2.05) is 44.1 Å². The Morgan fingerprint density at radius 1 is 1.04 bits per heavy atom. The number of benzene rings is 3. The van der Waals surface area contributed by atoms with Crippen LogP contribution in [0.3, 0.4) is 0 Å². The van der Waals surface area contributed by atoms with E-state index in [-0.39, 0.29) is 39.5 Å². The van der Waals surface area contributed by atoms with E-state index in [9.17, 15) is 29.0 Å². The number of urea groups is 1. The zero-order valence-electron chi connectivity index (χ0n) is 24.7. The summed E-state index contributed by atoms with van der Waals surface area (Å²) in [5.41, 5.74) is 2.85. The molecule has 1 fully saturated rings. The molecule has 46 heavy (non-hydrogen) atoms. The maximum atomic E-state index is 15.1. The molecule has 0 radical (unpaired) electrons. The van der Waals surface area contributed by atoms with Crippen molar-refractivity contribution in [2.75, 3.05) is 35.0 Å². The number of amidine groups is 1. The van der Waals surface area contributed by atoms with Crippen LogP contribution >= 0.6 is 22.0 Å². The molecule has 8 nitrogen and oxygen atoms in total. The summed E-state index contributed by atoms with van der Waals surface area (Å²) in [6.07, 6.45) is 4.16. The van der Waals surface area contributed by atoms with E-state index in [0.29, 0.717) is 24.2 Å². The van der Waals surface area contributed by atoms with Crippen molar-refractivity contribution >= 4 is 56.2 Å². The molecular weight excluding hydrogens is 654 g/mol. The molecule has 3 aromatic carbocycles. The second-order valence-electron chi connectivity index (χ2n) is 10.6. The second-order valence-corrected chi connectivity index (χ2v) is 14.0. The number of carbonyl (C=O) groups excluding carboxylic acids is 2. The molecular formula is C30H28F6N6O2S2. The first-order valence-electron chi connectivity index (χ1n) is 13.8. The minimum absolute atomic E-state index is 0.0831. The molecule has 0 saturated carbocycles. The van der Waals surface area contributed by atoms with Crippen molar-refractivity contribution in [3.8, 4) is 16.9 Å². The van der Waals surface area contributed by atoms with Crippen LogP contribution in [-0.4, -0.2) is 46.5 Å². The van der Waals surface area contributed by atoms with Crippen LogP contribution in [0.15, 0.2) is 83.1 Å². The molecule has 0 bridgehead atoms. The molecule has 244 valence electrons. The monoisotopic (exact) mass is 682 g/mol. The molecule has 2 heterocycles. The molecule has 0 unspecified atom stereocenters. The second kappa shape index (κ2) is 11.4. The standard InChI is InChI=1S/C30H28F6N6O2S2/c1-4-5-19-6-8-22(40(2)3)15-27(19)42-28(43)17-45-30(42)39-29(44)38-25-13-7-20(14-24(25)31)26-16-41(18-37-26)21-9-11-23(12-10-21)46(32,33,34,35)36/h6-16,18H,4-5,17H2,1-3H3,(H,38,44)/b39-30-. The van der Waals surface area contributed by atoms with E-state index < -0.39 is 27.0 Å². The Morgan fingerprint density at radius 3 is 2.39 bits per heavy atom. The number of aliphatic imine (C=N–C) groups is 1. The predicted molar refractivity (Wildman–Crippen MR) is 172 cm³/mol. The fourth-order valence-corrected chi connectivity index (χ4v) is 6.20. The molecule has 0 aliphatic carbocycles. The molecule has 1 saturated heterocycles. The number of hydrogen-bond donors (Lipinski definition) is 1. The Bertz CT molecular complexity index is 1860. The van der Waals surface area contributed by atoms with Crippen LogP contribution in [-0.2, 0) is 11.2 Å². The number of nitrogens with zero attached hydrogens (tertiary/aromatic N) is 5. The van der Waals surface area contributed by atoms with E-state index in [1.165, 1.54) is 34.1 Å². The molecule has 4 aromatic rings. The summed E-state index contributed by atoms with van der Waals surface area (Å²) in [5, 5.41) is 2.55. The fourth-order valence-electron chi connectivity index (χ4n) is 4.70. The van der Waals surface area contributed by atoms with Crippen molar-refractivity contribution in [2.45, 2.75) is 24.7 Å². The number of imidazole rings is 1. The minimum Gasteiger partial charge on any atom is -0.378 e. The molecule has 1 aromatic heterocycles. The lowest BCUT2D eigenvalue weighted by Gasteiger charge is -2.40. The highest BCUT2D eigenvalue weighted by Crippen LogP contribution is 3.02. The van der Waals surface area contributed by atoms with E-state index >= 15 is 4.39 Å². The average Bonchev–Trinajstić information content (AvgIpc) is 3.60. The number of hydrogen-bond acceptors (Lipinski definition) is 5. The van der Waals surface area contributed by atoms with Crippen LogP contribution in [0.25, 0.3) is 16.9 Å². The van der Waals surface area contributed by atoms with Gasteiger partial charge in [-0.05, 0) is 60.5 Å². The number of halogens is 6. The SMILES string of the molecule is CCCc1ccc(N(C)C)cc1N1C(=O)CS/C1=N\C(=O)Nc1ccc(-c2cn(-c3ccc(S(F)(F)(F)(F)F)cc3)cn2)cc1F. The van der Waals surface area contributed by atoms with Gasteiger partial charge in [-0.1, -0.05) is 56.7 Å². The van der Waals surface area contributed by atoms with Gasteiger partial charge in [0.25, 0.3) is 0 Å². The van der Waals surface area contributed by atoms with E-state index in [0.717, 1.165) is 47.6 Å². The van der Waals surface area contributed by atoms with Crippen molar-refractivity contribution < 1.29 is 33.4 Å². The van der Waals surface area contributed by atoms with E-state index in [2.05, 4.69) is 15.3 Å². The third-order valence-electron chi connectivity index (χ3n) is 6.98. The number of anilines is 3. The smallest absolute Gasteiger partial charge is 0.347 e. The lowest BCUT2D eigenvalue weighted by atomic mass is 10.1. The lowest BCUT2D eigenvalue weighted by molar-refractivity contribution is -0.115. The number of nitrogens with one attached hydrogen (secondary N) is 1. The number of rotatable bonds is 8. The van der Waals surface area contributed by atoms with E-state index in [4.69, 9.17) is 0 Å². The zero-order chi connectivity index (χ0) is 33.5. The quantitative estimate of drug-likeness (QED) is 0.188. The van der Waals surface area contributed by atoms with Gasteiger partial charge in [-0.3, -0.25) is 9.69 Å². The van der Waals surface area contributed by atoms with Crippen molar-refractivity contribution in [3.05, 3.63) is 84.6 Å². The molecule has 16 heteroatoms. The summed E-state index contributed by atoms with van der Waals surface area (Å²) in [6, 6.07) is 11.0. The van der Waals surface area contributed by atoms with Crippen LogP contribution in [0.5, 0.6) is 0 Å². The van der Waals surface area contributed by atoms with Crippen molar-refractivity contribution in [2.24, 2.45) is 4.99 Å². The Morgan fingerprint density at radius 2 is 1.76 bits per heavy atom. The third kappa shape index (κ3) is 7.17. The van der Waals surface area contributed by atoms with Crippen molar-refractivity contribution in [3.63, 3.8) is 0 Å². The number of amides is 3. The van der Waals surface area contributed by atoms with Gasteiger partial charge in [-0.25, -0.2) is 14.2 Å². The topological polar surface area (TPSA) is 82.8 Å². The first-order chi connectivity index (χ1) is 21.4. The van der Waals surface area contributed by atoms with Gasteiger partial charge < -0.3 is 14.8 Å². The van der Waals surface area contributed by atoms with Gasteiger partial charge in [0, 0.05) is 37.2 Å². The Kier molecular flexibility index (Phi) is 8.18. The molecule has 1 aliphatic heterocycles. The molecule has 5 rings (SSSR count). The van der Waals surface area contributed by atoms with Crippen molar-refractivity contribution in [1.29, 1.82) is 0 Å². The number of thioether (sulfide) groups is 1. The molecule has 0 atom stereocenters. The minimum atomic E-state index is -9.81. The fraction of sp³-hybridized carbons (Fsp3) is 0.200. The zero-order valence-corrected chi connectivity index (χ0v) is 26.3. The molecule has 1 N–H and O–H groups in total. The highest BCUT2D eigenvalue weighted by molar-refractivity contribution is 8.45. The van der Waals surface area contributed by atoms with Gasteiger partial charge >= 0.3 is 16.3 Å². The third-order valence-corrected chi connectivity index (χ3v) is 9.06. The highest BCUT2D eigenvalue weighted by atomic mass is 32.5. The van der Waals surface area contributed by atoms with Gasteiger partial charge in [-0.15, -0.1) is 0 Å². The van der Waals surface area contributed by atoms with Crippen LogP contribution in [0.1, 0.15) is 18.9 Å². The number of aromatic nitrogens is 2. The van der Waals surface area contributed by atoms with Crippen LogP contribution < -0.4 is 15.1 Å². The van der Waals surface area contributed by atoms with Gasteiger partial charge in [0.05, 0.1) is 29.1 Å². The van der Waals surface area contributed by atoms with Gasteiger partial charge in [0.2, 0.25) is 5.91 Å². The number of carbonyl (C=O) groups is 2. The first-order valence-corrected chi connectivity index (χ1v) is 16.7. The van der Waals surface area contributed by atoms with Crippen LogP contribution in [0, 0.1) is 5.82 Å². The molecule has 0 spiro atoms. The molecule has 1 aliphatic rings. The maximum absolute atomic E-state index is 15.1. The molecule has 3 amide bonds. The summed E-state index contributed by atoms with van der Waals surface area (Å²) in [6.45, 7) is 2.02. The summed E-state index contributed by atoms with van der Waals surface area (Å²) in [7, 11) is -6.06. The summed E-state index contributed by atoms with van der Waals surface area (Å²) < 4.78 is 81.5. The van der Waals surface area contributed by atoms with Crippen LogP contribution in [0.2, 0.25) is 0 Å². The maximum Gasteiger partial charge on any atom is 0.347 e. The van der Waals surface area contributed by atoms with Crippen molar-refractivity contribution in [1.82, 2.24) is 9.55 Å². The summed E-state index contributed by atoms with van der Waals surface area (Å²) in [5.74, 6) is -0.980. The highest BCUT2D eigenvalue weighted by Gasteiger charge is 2.65. The Balaban J connectivity index is 1.33. The number of aryl methyl sites for hydroxylation is 1.